The second-order valence-corrected chi connectivity index (χ2v) is 6.17. The van der Waals surface area contributed by atoms with Crippen LogP contribution in [0.15, 0.2) is 54.6 Å². The van der Waals surface area contributed by atoms with Gasteiger partial charge in [-0.25, -0.2) is 0 Å². The molecule has 0 aliphatic heterocycles. The molecule has 3 nitrogen and oxygen atoms in total. The van der Waals surface area contributed by atoms with Crippen molar-refractivity contribution in [3.8, 4) is 5.75 Å². The van der Waals surface area contributed by atoms with Crippen LogP contribution in [0.1, 0.15) is 38.8 Å². The van der Waals surface area contributed by atoms with E-state index in [-0.39, 0.29) is 11.7 Å². The standard InChI is InChI=1S/C21H28O3/c1-5-22-20(23-6-2)16-24-19-14-12-18(13-15-19)21(3,4)17-10-8-7-9-11-17/h7-15,20H,5-6,16H2,1-4H3. The molecule has 0 aromatic heterocycles. The van der Waals surface area contributed by atoms with E-state index in [0.717, 1.165) is 5.75 Å². The summed E-state index contributed by atoms with van der Waals surface area (Å²) in [5, 5.41) is 0. The summed E-state index contributed by atoms with van der Waals surface area (Å²) in [5.74, 6) is 0.826. The monoisotopic (exact) mass is 328 g/mol. The predicted octanol–water partition coefficient (Wildman–Crippen LogP) is 4.79. The first-order valence-electron chi connectivity index (χ1n) is 8.60. The minimum atomic E-state index is -0.319. The first-order valence-corrected chi connectivity index (χ1v) is 8.60. The molecule has 2 rings (SSSR count). The molecule has 0 aliphatic carbocycles. The summed E-state index contributed by atoms with van der Waals surface area (Å²) in [7, 11) is 0. The molecule has 0 amide bonds. The molecule has 0 spiro atoms. The van der Waals surface area contributed by atoms with E-state index >= 15 is 0 Å². The summed E-state index contributed by atoms with van der Waals surface area (Å²) in [6, 6.07) is 18.8. The lowest BCUT2D eigenvalue weighted by Gasteiger charge is -2.26. The number of rotatable bonds is 9. The first kappa shape index (κ1) is 18.5. The molecule has 0 aliphatic rings. The SMILES string of the molecule is CCOC(COc1ccc(C(C)(C)c2ccccc2)cc1)OCC. The van der Waals surface area contributed by atoms with E-state index in [9.17, 15) is 0 Å². The topological polar surface area (TPSA) is 27.7 Å². The number of hydrogen-bond donors (Lipinski definition) is 0. The van der Waals surface area contributed by atoms with Crippen molar-refractivity contribution < 1.29 is 14.2 Å². The van der Waals surface area contributed by atoms with Gasteiger partial charge in [-0.3, -0.25) is 0 Å². The predicted molar refractivity (Wildman–Crippen MR) is 97.5 cm³/mol. The van der Waals surface area contributed by atoms with Gasteiger partial charge in [0.15, 0.2) is 6.29 Å². The van der Waals surface area contributed by atoms with Gasteiger partial charge < -0.3 is 14.2 Å². The van der Waals surface area contributed by atoms with E-state index in [1.807, 2.05) is 32.0 Å². The van der Waals surface area contributed by atoms with Gasteiger partial charge in [-0.05, 0) is 37.1 Å². The average Bonchev–Trinajstić information content (AvgIpc) is 2.61. The van der Waals surface area contributed by atoms with Crippen molar-refractivity contribution >= 4 is 0 Å². The van der Waals surface area contributed by atoms with Crippen LogP contribution in [0.5, 0.6) is 5.75 Å². The Hall–Kier alpha value is -1.84. The highest BCUT2D eigenvalue weighted by Crippen LogP contribution is 2.32. The normalized spacial score (nSPS) is 11.7. The van der Waals surface area contributed by atoms with Crippen LogP contribution < -0.4 is 4.74 Å². The molecule has 0 saturated carbocycles. The van der Waals surface area contributed by atoms with Gasteiger partial charge in [0.2, 0.25) is 0 Å². The fraction of sp³-hybridized carbons (Fsp3) is 0.429. The Kier molecular flexibility index (Phi) is 6.83. The molecule has 2 aromatic carbocycles. The Bertz CT molecular complexity index is 584. The Morgan fingerprint density at radius 1 is 0.792 bits per heavy atom. The van der Waals surface area contributed by atoms with Gasteiger partial charge >= 0.3 is 0 Å². The fourth-order valence-electron chi connectivity index (χ4n) is 2.67. The average molecular weight is 328 g/mol. The highest BCUT2D eigenvalue weighted by molar-refractivity contribution is 5.39. The van der Waals surface area contributed by atoms with Crippen LogP contribution in [0.3, 0.4) is 0 Å². The third kappa shape index (κ3) is 4.83. The second kappa shape index (κ2) is 8.86. The Morgan fingerprint density at radius 2 is 1.33 bits per heavy atom. The summed E-state index contributed by atoms with van der Waals surface area (Å²) >= 11 is 0. The molecule has 0 atom stereocenters. The van der Waals surface area contributed by atoms with E-state index in [0.29, 0.717) is 19.8 Å². The zero-order valence-electron chi connectivity index (χ0n) is 15.1. The lowest BCUT2D eigenvalue weighted by Crippen LogP contribution is -2.25. The van der Waals surface area contributed by atoms with Crippen LogP contribution in [0.25, 0.3) is 0 Å². The fourth-order valence-corrected chi connectivity index (χ4v) is 2.67. The summed E-state index contributed by atoms with van der Waals surface area (Å²) in [4.78, 5) is 0. The largest absolute Gasteiger partial charge is 0.488 e. The van der Waals surface area contributed by atoms with E-state index < -0.39 is 0 Å². The van der Waals surface area contributed by atoms with Crippen LogP contribution in [0.4, 0.5) is 0 Å². The van der Waals surface area contributed by atoms with Crippen LogP contribution in [0.2, 0.25) is 0 Å². The lowest BCUT2D eigenvalue weighted by molar-refractivity contribution is -0.152. The van der Waals surface area contributed by atoms with Crippen molar-refractivity contribution in [3.05, 3.63) is 65.7 Å². The third-order valence-corrected chi connectivity index (χ3v) is 4.16. The van der Waals surface area contributed by atoms with Crippen molar-refractivity contribution in [3.63, 3.8) is 0 Å². The molecule has 0 saturated heterocycles. The molecular formula is C21H28O3. The maximum atomic E-state index is 5.80. The van der Waals surface area contributed by atoms with Crippen molar-refractivity contribution in [1.29, 1.82) is 0 Å². The number of benzene rings is 2. The summed E-state index contributed by atoms with van der Waals surface area (Å²) in [5.41, 5.74) is 2.51. The molecule has 0 unspecified atom stereocenters. The maximum absolute atomic E-state index is 5.80. The van der Waals surface area contributed by atoms with Gasteiger partial charge in [0.25, 0.3) is 0 Å². The maximum Gasteiger partial charge on any atom is 0.191 e. The molecule has 0 N–H and O–H groups in total. The number of hydrogen-bond acceptors (Lipinski definition) is 3. The molecular weight excluding hydrogens is 300 g/mol. The van der Waals surface area contributed by atoms with Crippen LogP contribution in [0, 0.1) is 0 Å². The second-order valence-electron chi connectivity index (χ2n) is 6.17. The Labute approximate surface area is 145 Å². The molecule has 0 fully saturated rings. The summed E-state index contributed by atoms with van der Waals surface area (Å²) in [6.07, 6.45) is -0.319. The summed E-state index contributed by atoms with van der Waals surface area (Å²) in [6.45, 7) is 9.98. The van der Waals surface area contributed by atoms with Crippen molar-refractivity contribution in [1.82, 2.24) is 0 Å². The van der Waals surface area contributed by atoms with E-state index in [4.69, 9.17) is 14.2 Å². The molecule has 0 bridgehead atoms. The van der Waals surface area contributed by atoms with Crippen molar-refractivity contribution in [2.45, 2.75) is 39.4 Å². The van der Waals surface area contributed by atoms with E-state index in [1.54, 1.807) is 0 Å². The van der Waals surface area contributed by atoms with Gasteiger partial charge in [-0.2, -0.15) is 0 Å². The Morgan fingerprint density at radius 3 is 1.88 bits per heavy atom. The van der Waals surface area contributed by atoms with Gasteiger partial charge in [-0.15, -0.1) is 0 Å². The Balaban J connectivity index is 2.02. The van der Waals surface area contributed by atoms with Crippen LogP contribution >= 0.6 is 0 Å². The summed E-state index contributed by atoms with van der Waals surface area (Å²) < 4.78 is 16.8. The quantitative estimate of drug-likeness (QED) is 0.619. The van der Waals surface area contributed by atoms with Crippen molar-refractivity contribution in [2.24, 2.45) is 0 Å². The van der Waals surface area contributed by atoms with Crippen LogP contribution in [-0.4, -0.2) is 26.1 Å². The zero-order valence-corrected chi connectivity index (χ0v) is 15.1. The third-order valence-electron chi connectivity index (χ3n) is 4.16. The van der Waals surface area contributed by atoms with E-state index in [2.05, 4.69) is 50.2 Å². The minimum Gasteiger partial charge on any atom is -0.488 e. The van der Waals surface area contributed by atoms with E-state index in [1.165, 1.54) is 11.1 Å². The van der Waals surface area contributed by atoms with Gasteiger partial charge in [0, 0.05) is 18.6 Å². The molecule has 3 heteroatoms. The first-order chi connectivity index (χ1) is 11.6. The van der Waals surface area contributed by atoms with Gasteiger partial charge in [-0.1, -0.05) is 56.3 Å². The minimum absolute atomic E-state index is 0.0427. The molecule has 0 radical (unpaired) electrons. The zero-order chi connectivity index (χ0) is 17.4. The van der Waals surface area contributed by atoms with Gasteiger partial charge in [0.05, 0.1) is 0 Å². The van der Waals surface area contributed by atoms with Crippen molar-refractivity contribution in [2.75, 3.05) is 19.8 Å². The number of ether oxygens (including phenoxy) is 3. The molecule has 2 aromatic rings. The highest BCUT2D eigenvalue weighted by atomic mass is 16.7. The highest BCUT2D eigenvalue weighted by Gasteiger charge is 2.22. The van der Waals surface area contributed by atoms with Crippen LogP contribution in [-0.2, 0) is 14.9 Å². The molecule has 0 heterocycles. The van der Waals surface area contributed by atoms with Gasteiger partial charge in [0.1, 0.15) is 12.4 Å². The molecule has 24 heavy (non-hydrogen) atoms. The lowest BCUT2D eigenvalue weighted by atomic mass is 9.78. The smallest absolute Gasteiger partial charge is 0.191 e. The molecule has 130 valence electrons.